The summed E-state index contributed by atoms with van der Waals surface area (Å²) in [7, 11) is 1.70. The van der Waals surface area contributed by atoms with E-state index < -0.39 is 0 Å². The molecule has 0 atom stereocenters. The normalized spacial score (nSPS) is 14.3. The van der Waals surface area contributed by atoms with Gasteiger partial charge in [-0.05, 0) is 61.9 Å². The Morgan fingerprint density at radius 3 is 2.78 bits per heavy atom. The molecule has 0 saturated heterocycles. The minimum absolute atomic E-state index is 0.927. The number of methoxy groups -OCH3 is 1. The van der Waals surface area contributed by atoms with Gasteiger partial charge in [-0.15, -0.1) is 0 Å². The van der Waals surface area contributed by atoms with Gasteiger partial charge in [0.15, 0.2) is 0 Å². The topological polar surface area (TPSA) is 27.1 Å². The molecule has 3 nitrogen and oxygen atoms in total. The van der Waals surface area contributed by atoms with Crippen LogP contribution in [0.3, 0.4) is 0 Å². The smallest absolute Gasteiger partial charge is 0.121 e. The first-order valence-corrected chi connectivity index (χ1v) is 6.50. The van der Waals surface area contributed by atoms with E-state index in [1.807, 2.05) is 10.7 Å². The summed E-state index contributed by atoms with van der Waals surface area (Å²) in [5.74, 6) is 0.927. The van der Waals surface area contributed by atoms with Crippen molar-refractivity contribution in [1.29, 1.82) is 0 Å². The van der Waals surface area contributed by atoms with Gasteiger partial charge in [-0.25, -0.2) is 4.68 Å². The van der Waals surface area contributed by atoms with Gasteiger partial charge in [-0.1, -0.05) is 0 Å². The highest BCUT2D eigenvalue weighted by molar-refractivity contribution is 5.43. The fraction of sp³-hybridized carbons (Fsp3) is 0.400. The van der Waals surface area contributed by atoms with Gasteiger partial charge in [-0.2, -0.15) is 5.10 Å². The minimum Gasteiger partial charge on any atom is -0.496 e. The highest BCUT2D eigenvalue weighted by Crippen LogP contribution is 2.24. The van der Waals surface area contributed by atoms with Crippen LogP contribution in [0, 0.1) is 6.92 Å². The molecule has 0 spiro atoms. The predicted octanol–water partition coefficient (Wildman–Crippen LogP) is 3.07. The van der Waals surface area contributed by atoms with Crippen molar-refractivity contribution in [3.05, 3.63) is 41.2 Å². The second-order valence-corrected chi connectivity index (χ2v) is 4.91. The summed E-state index contributed by atoms with van der Waals surface area (Å²) in [5.41, 5.74) is 4.94. The number of fused-ring (bicyclic) bond motifs is 1. The molecule has 0 unspecified atom stereocenters. The van der Waals surface area contributed by atoms with Gasteiger partial charge < -0.3 is 4.74 Å². The van der Waals surface area contributed by atoms with Crippen LogP contribution in [-0.2, 0) is 12.8 Å². The molecule has 3 rings (SSSR count). The first kappa shape index (κ1) is 11.3. The van der Waals surface area contributed by atoms with Gasteiger partial charge in [0.1, 0.15) is 5.75 Å². The Balaban J connectivity index is 1.99. The van der Waals surface area contributed by atoms with E-state index in [1.54, 1.807) is 7.11 Å². The molecule has 0 amide bonds. The molecular formula is C15H18N2O. The van der Waals surface area contributed by atoms with Crippen molar-refractivity contribution in [3.8, 4) is 11.4 Å². The Kier molecular flexibility index (Phi) is 2.82. The van der Waals surface area contributed by atoms with Crippen LogP contribution in [0.15, 0.2) is 24.4 Å². The molecule has 1 aliphatic carbocycles. The maximum absolute atomic E-state index is 5.29. The molecule has 0 aliphatic heterocycles. The lowest BCUT2D eigenvalue weighted by Gasteiger charge is -2.07. The van der Waals surface area contributed by atoms with Crippen molar-refractivity contribution in [3.63, 3.8) is 0 Å². The molecule has 0 radical (unpaired) electrons. The summed E-state index contributed by atoms with van der Waals surface area (Å²) in [6.45, 7) is 2.06. The number of hydrogen-bond acceptors (Lipinski definition) is 2. The lowest BCUT2D eigenvalue weighted by atomic mass is 9.99. The molecule has 1 aromatic carbocycles. The third-order valence-electron chi connectivity index (χ3n) is 3.63. The van der Waals surface area contributed by atoms with Gasteiger partial charge >= 0.3 is 0 Å². The first-order chi connectivity index (χ1) is 8.78. The molecule has 0 bridgehead atoms. The standard InChI is InChI=1S/C15H18N2O/c1-11-9-13(7-8-15(11)18-2)17-10-12-5-3-4-6-14(12)16-17/h7-10H,3-6H2,1-2H3. The summed E-state index contributed by atoms with van der Waals surface area (Å²) in [5, 5.41) is 4.69. The second-order valence-electron chi connectivity index (χ2n) is 4.91. The molecule has 1 aliphatic rings. The highest BCUT2D eigenvalue weighted by Gasteiger charge is 2.14. The monoisotopic (exact) mass is 242 g/mol. The molecule has 3 heteroatoms. The Morgan fingerprint density at radius 2 is 2.06 bits per heavy atom. The fourth-order valence-corrected chi connectivity index (χ4v) is 2.61. The molecular weight excluding hydrogens is 224 g/mol. The molecule has 18 heavy (non-hydrogen) atoms. The van der Waals surface area contributed by atoms with E-state index in [9.17, 15) is 0 Å². The van der Waals surface area contributed by atoms with E-state index in [1.165, 1.54) is 30.5 Å². The van der Waals surface area contributed by atoms with E-state index >= 15 is 0 Å². The fourth-order valence-electron chi connectivity index (χ4n) is 2.61. The number of hydrogen-bond donors (Lipinski definition) is 0. The van der Waals surface area contributed by atoms with Gasteiger partial charge in [-0.3, -0.25) is 0 Å². The zero-order valence-electron chi connectivity index (χ0n) is 10.9. The van der Waals surface area contributed by atoms with Crippen molar-refractivity contribution in [1.82, 2.24) is 9.78 Å². The quantitative estimate of drug-likeness (QED) is 0.809. The minimum atomic E-state index is 0.927. The van der Waals surface area contributed by atoms with Crippen LogP contribution >= 0.6 is 0 Å². The van der Waals surface area contributed by atoms with E-state index in [2.05, 4.69) is 25.3 Å². The third kappa shape index (κ3) is 1.90. The Bertz CT molecular complexity index is 548. The SMILES string of the molecule is COc1ccc(-n2cc3c(n2)CCCC3)cc1C. The van der Waals surface area contributed by atoms with Crippen LogP contribution in [0.4, 0.5) is 0 Å². The van der Waals surface area contributed by atoms with Crippen LogP contribution in [-0.4, -0.2) is 16.9 Å². The number of nitrogens with zero attached hydrogens (tertiary/aromatic N) is 2. The number of rotatable bonds is 2. The first-order valence-electron chi connectivity index (χ1n) is 6.50. The number of ether oxygens (including phenoxy) is 1. The molecule has 0 fully saturated rings. The maximum Gasteiger partial charge on any atom is 0.121 e. The third-order valence-corrected chi connectivity index (χ3v) is 3.63. The Hall–Kier alpha value is -1.77. The van der Waals surface area contributed by atoms with Crippen LogP contribution in [0.1, 0.15) is 29.7 Å². The number of benzene rings is 1. The van der Waals surface area contributed by atoms with E-state index in [-0.39, 0.29) is 0 Å². The average molecular weight is 242 g/mol. The summed E-state index contributed by atoms with van der Waals surface area (Å²) in [6.07, 6.45) is 7.03. The summed E-state index contributed by atoms with van der Waals surface area (Å²) in [6, 6.07) is 6.19. The molecule has 1 heterocycles. The van der Waals surface area contributed by atoms with E-state index in [0.29, 0.717) is 0 Å². The van der Waals surface area contributed by atoms with Crippen molar-refractivity contribution in [2.45, 2.75) is 32.6 Å². The summed E-state index contributed by atoms with van der Waals surface area (Å²) < 4.78 is 7.29. The van der Waals surface area contributed by atoms with Gasteiger partial charge in [0.2, 0.25) is 0 Å². The molecule has 0 saturated carbocycles. The molecule has 1 aromatic heterocycles. The van der Waals surface area contributed by atoms with Crippen LogP contribution in [0.25, 0.3) is 5.69 Å². The van der Waals surface area contributed by atoms with E-state index in [0.717, 1.165) is 23.4 Å². The van der Waals surface area contributed by atoms with Gasteiger partial charge in [0.05, 0.1) is 18.5 Å². The summed E-state index contributed by atoms with van der Waals surface area (Å²) >= 11 is 0. The maximum atomic E-state index is 5.29. The lowest BCUT2D eigenvalue weighted by molar-refractivity contribution is 0.411. The average Bonchev–Trinajstić information content (AvgIpc) is 2.82. The zero-order chi connectivity index (χ0) is 12.5. The molecule has 94 valence electrons. The lowest BCUT2D eigenvalue weighted by Crippen LogP contribution is -2.00. The van der Waals surface area contributed by atoms with Crippen LogP contribution in [0.2, 0.25) is 0 Å². The number of aromatic nitrogens is 2. The van der Waals surface area contributed by atoms with Crippen molar-refractivity contribution < 1.29 is 4.74 Å². The van der Waals surface area contributed by atoms with Crippen LogP contribution < -0.4 is 4.74 Å². The van der Waals surface area contributed by atoms with Crippen molar-refractivity contribution in [2.24, 2.45) is 0 Å². The Morgan fingerprint density at radius 1 is 1.22 bits per heavy atom. The molecule has 2 aromatic rings. The second kappa shape index (κ2) is 4.48. The summed E-state index contributed by atoms with van der Waals surface area (Å²) in [4.78, 5) is 0. The van der Waals surface area contributed by atoms with Crippen LogP contribution in [0.5, 0.6) is 5.75 Å². The van der Waals surface area contributed by atoms with Crippen molar-refractivity contribution in [2.75, 3.05) is 7.11 Å². The Labute approximate surface area is 107 Å². The predicted molar refractivity (Wildman–Crippen MR) is 71.5 cm³/mol. The number of aryl methyl sites for hydroxylation is 3. The largest absolute Gasteiger partial charge is 0.496 e. The highest BCUT2D eigenvalue weighted by atomic mass is 16.5. The molecule has 0 N–H and O–H groups in total. The van der Waals surface area contributed by atoms with E-state index in [4.69, 9.17) is 9.84 Å². The van der Waals surface area contributed by atoms with Crippen molar-refractivity contribution >= 4 is 0 Å². The van der Waals surface area contributed by atoms with Gasteiger partial charge in [0, 0.05) is 6.20 Å². The zero-order valence-corrected chi connectivity index (χ0v) is 10.9. The van der Waals surface area contributed by atoms with Gasteiger partial charge in [0.25, 0.3) is 0 Å².